The minimum atomic E-state index is 0.0687. The standard InChI is InChI=1S/C14H26O3/c1-3-5-7-9-14(8-6-4-2)17-13-12-16-11-10-15/h3-4,14-15H,1-2,5-13H2. The lowest BCUT2D eigenvalue weighted by Crippen LogP contribution is -2.17. The Labute approximate surface area is 105 Å². The summed E-state index contributed by atoms with van der Waals surface area (Å²) in [7, 11) is 0. The summed E-state index contributed by atoms with van der Waals surface area (Å²) in [5.74, 6) is 0. The van der Waals surface area contributed by atoms with Crippen molar-refractivity contribution in [2.75, 3.05) is 26.4 Å². The summed E-state index contributed by atoms with van der Waals surface area (Å²) in [6.45, 7) is 9.04. The fourth-order valence-electron chi connectivity index (χ4n) is 1.54. The van der Waals surface area contributed by atoms with Crippen molar-refractivity contribution >= 4 is 0 Å². The van der Waals surface area contributed by atoms with Gasteiger partial charge in [0.25, 0.3) is 0 Å². The summed E-state index contributed by atoms with van der Waals surface area (Å²) in [6.07, 6.45) is 9.35. The van der Waals surface area contributed by atoms with Gasteiger partial charge in [-0.1, -0.05) is 12.2 Å². The van der Waals surface area contributed by atoms with Crippen LogP contribution in [-0.4, -0.2) is 37.6 Å². The molecule has 0 amide bonds. The van der Waals surface area contributed by atoms with E-state index >= 15 is 0 Å². The Morgan fingerprint density at radius 2 is 1.76 bits per heavy atom. The molecule has 0 rings (SSSR count). The first-order valence-corrected chi connectivity index (χ1v) is 6.37. The first-order chi connectivity index (χ1) is 8.35. The third kappa shape index (κ3) is 11.6. The molecule has 1 N–H and O–H groups in total. The third-order valence-electron chi connectivity index (χ3n) is 2.44. The molecule has 0 saturated carbocycles. The number of hydrogen-bond donors (Lipinski definition) is 1. The van der Waals surface area contributed by atoms with Gasteiger partial charge in [0.15, 0.2) is 0 Å². The number of unbranched alkanes of at least 4 members (excludes halogenated alkanes) is 1. The van der Waals surface area contributed by atoms with Gasteiger partial charge in [-0.2, -0.15) is 0 Å². The highest BCUT2D eigenvalue weighted by atomic mass is 16.5. The van der Waals surface area contributed by atoms with Gasteiger partial charge in [-0.05, 0) is 32.1 Å². The van der Waals surface area contributed by atoms with Crippen LogP contribution in [0, 0.1) is 0 Å². The predicted molar refractivity (Wildman–Crippen MR) is 71.1 cm³/mol. The first-order valence-electron chi connectivity index (χ1n) is 6.37. The molecule has 3 nitrogen and oxygen atoms in total. The van der Waals surface area contributed by atoms with E-state index in [-0.39, 0.29) is 12.7 Å². The number of rotatable bonds is 13. The van der Waals surface area contributed by atoms with Crippen LogP contribution in [-0.2, 0) is 9.47 Å². The smallest absolute Gasteiger partial charge is 0.0704 e. The fraction of sp³-hybridized carbons (Fsp3) is 0.714. The highest BCUT2D eigenvalue weighted by Crippen LogP contribution is 2.11. The van der Waals surface area contributed by atoms with Gasteiger partial charge < -0.3 is 14.6 Å². The molecule has 0 aromatic carbocycles. The zero-order chi connectivity index (χ0) is 12.8. The van der Waals surface area contributed by atoms with Crippen LogP contribution < -0.4 is 0 Å². The predicted octanol–water partition coefficient (Wildman–Crippen LogP) is 2.70. The van der Waals surface area contributed by atoms with E-state index in [0.717, 1.165) is 32.1 Å². The van der Waals surface area contributed by atoms with Gasteiger partial charge in [0.05, 0.1) is 32.5 Å². The van der Waals surface area contributed by atoms with Crippen molar-refractivity contribution in [3.8, 4) is 0 Å². The average Bonchev–Trinajstić information content (AvgIpc) is 2.35. The molecule has 0 aliphatic rings. The molecule has 1 unspecified atom stereocenters. The Morgan fingerprint density at radius 1 is 1.00 bits per heavy atom. The van der Waals surface area contributed by atoms with Gasteiger partial charge in [-0.3, -0.25) is 0 Å². The van der Waals surface area contributed by atoms with Crippen LogP contribution in [0.2, 0.25) is 0 Å². The summed E-state index contributed by atoms with van der Waals surface area (Å²) in [6, 6.07) is 0. The molecule has 17 heavy (non-hydrogen) atoms. The molecule has 0 spiro atoms. The lowest BCUT2D eigenvalue weighted by atomic mass is 10.1. The van der Waals surface area contributed by atoms with E-state index in [4.69, 9.17) is 14.6 Å². The molecule has 0 bridgehead atoms. The summed E-state index contributed by atoms with van der Waals surface area (Å²) >= 11 is 0. The number of aliphatic hydroxyl groups excluding tert-OH is 1. The highest BCUT2D eigenvalue weighted by Gasteiger charge is 2.07. The number of hydrogen-bond acceptors (Lipinski definition) is 3. The first kappa shape index (κ1) is 16.4. The summed E-state index contributed by atoms with van der Waals surface area (Å²) in [5, 5.41) is 8.55. The van der Waals surface area contributed by atoms with Gasteiger partial charge >= 0.3 is 0 Å². The molecule has 0 saturated heterocycles. The topological polar surface area (TPSA) is 38.7 Å². The van der Waals surface area contributed by atoms with Crippen LogP contribution >= 0.6 is 0 Å². The fourth-order valence-corrected chi connectivity index (χ4v) is 1.54. The van der Waals surface area contributed by atoms with E-state index in [9.17, 15) is 0 Å². The zero-order valence-electron chi connectivity index (χ0n) is 10.8. The minimum Gasteiger partial charge on any atom is -0.394 e. The maximum Gasteiger partial charge on any atom is 0.0704 e. The van der Waals surface area contributed by atoms with Crippen LogP contribution in [0.15, 0.2) is 25.3 Å². The van der Waals surface area contributed by atoms with Gasteiger partial charge in [-0.25, -0.2) is 0 Å². The number of aliphatic hydroxyl groups is 1. The maximum atomic E-state index is 8.55. The van der Waals surface area contributed by atoms with Gasteiger partial charge in [0.1, 0.15) is 0 Å². The van der Waals surface area contributed by atoms with Crippen LogP contribution in [0.1, 0.15) is 32.1 Å². The lowest BCUT2D eigenvalue weighted by Gasteiger charge is -2.17. The van der Waals surface area contributed by atoms with Gasteiger partial charge in [-0.15, -0.1) is 13.2 Å². The number of allylic oxidation sites excluding steroid dienone is 2. The molecule has 0 fully saturated rings. The Bertz CT molecular complexity index is 180. The zero-order valence-corrected chi connectivity index (χ0v) is 10.8. The van der Waals surface area contributed by atoms with Crippen molar-refractivity contribution in [2.24, 2.45) is 0 Å². The SMILES string of the molecule is C=CCCCC(CCC=C)OCCOCCO. The Hall–Kier alpha value is -0.640. The molecule has 0 radical (unpaired) electrons. The Balaban J connectivity index is 3.60. The van der Waals surface area contributed by atoms with E-state index in [0.29, 0.717) is 19.8 Å². The van der Waals surface area contributed by atoms with Crippen LogP contribution in [0.5, 0.6) is 0 Å². The van der Waals surface area contributed by atoms with Crippen molar-refractivity contribution in [3.05, 3.63) is 25.3 Å². The molecular formula is C14H26O3. The van der Waals surface area contributed by atoms with Gasteiger partial charge in [0, 0.05) is 0 Å². The van der Waals surface area contributed by atoms with E-state index in [2.05, 4.69) is 13.2 Å². The molecule has 0 heterocycles. The Kier molecular flexibility index (Phi) is 12.9. The van der Waals surface area contributed by atoms with E-state index in [1.165, 1.54) is 0 Å². The molecule has 100 valence electrons. The van der Waals surface area contributed by atoms with Crippen LogP contribution in [0.25, 0.3) is 0 Å². The molecule has 0 aliphatic carbocycles. The average molecular weight is 242 g/mol. The molecule has 0 aliphatic heterocycles. The summed E-state index contributed by atoms with van der Waals surface area (Å²) in [4.78, 5) is 0. The molecule has 3 heteroatoms. The molecule has 0 aromatic heterocycles. The minimum absolute atomic E-state index is 0.0687. The third-order valence-corrected chi connectivity index (χ3v) is 2.44. The van der Waals surface area contributed by atoms with Crippen LogP contribution in [0.4, 0.5) is 0 Å². The lowest BCUT2D eigenvalue weighted by molar-refractivity contribution is -0.00851. The second-order valence-corrected chi connectivity index (χ2v) is 3.91. The second-order valence-electron chi connectivity index (χ2n) is 3.91. The second kappa shape index (κ2) is 13.4. The van der Waals surface area contributed by atoms with Gasteiger partial charge in [0.2, 0.25) is 0 Å². The van der Waals surface area contributed by atoms with Crippen LogP contribution in [0.3, 0.4) is 0 Å². The van der Waals surface area contributed by atoms with E-state index in [1.807, 2.05) is 12.2 Å². The van der Waals surface area contributed by atoms with Crippen molar-refractivity contribution in [1.82, 2.24) is 0 Å². The normalized spacial score (nSPS) is 12.3. The Morgan fingerprint density at radius 3 is 2.41 bits per heavy atom. The van der Waals surface area contributed by atoms with Crippen molar-refractivity contribution in [1.29, 1.82) is 0 Å². The van der Waals surface area contributed by atoms with Crippen molar-refractivity contribution in [2.45, 2.75) is 38.2 Å². The summed E-state index contributed by atoms with van der Waals surface area (Å²) < 4.78 is 10.9. The quantitative estimate of drug-likeness (QED) is 0.398. The van der Waals surface area contributed by atoms with E-state index in [1.54, 1.807) is 0 Å². The van der Waals surface area contributed by atoms with Crippen molar-refractivity contribution in [3.63, 3.8) is 0 Å². The molecule has 0 aromatic rings. The maximum absolute atomic E-state index is 8.55. The summed E-state index contributed by atoms with van der Waals surface area (Å²) in [5.41, 5.74) is 0. The van der Waals surface area contributed by atoms with E-state index < -0.39 is 0 Å². The molecule has 1 atom stereocenters. The highest BCUT2D eigenvalue weighted by molar-refractivity contribution is 4.72. The van der Waals surface area contributed by atoms with Crippen molar-refractivity contribution < 1.29 is 14.6 Å². The molecular weight excluding hydrogens is 216 g/mol. The number of ether oxygens (including phenoxy) is 2. The monoisotopic (exact) mass is 242 g/mol. The largest absolute Gasteiger partial charge is 0.394 e.